The van der Waals surface area contributed by atoms with E-state index in [2.05, 4.69) is 0 Å². The normalized spacial score (nSPS) is 18.0. The molecule has 1 atom stereocenters. The Hall–Kier alpha value is -2.42. The molecular formula is C18H16FNO. The summed E-state index contributed by atoms with van der Waals surface area (Å²) in [4.78, 5) is 13.7. The summed E-state index contributed by atoms with van der Waals surface area (Å²) in [5, 5.41) is 0. The minimum atomic E-state index is -0.260. The number of nitrogens with zero attached hydrogens (tertiary/aromatic N) is 1. The summed E-state index contributed by atoms with van der Waals surface area (Å²) in [6, 6.07) is 16.4. The molecule has 1 aliphatic rings. The monoisotopic (exact) mass is 281 g/mol. The van der Waals surface area contributed by atoms with Gasteiger partial charge in [-0.05, 0) is 17.7 Å². The fourth-order valence-corrected chi connectivity index (χ4v) is 2.65. The van der Waals surface area contributed by atoms with Gasteiger partial charge in [-0.1, -0.05) is 48.5 Å². The highest BCUT2D eigenvalue weighted by molar-refractivity contribution is 5.90. The highest BCUT2D eigenvalue weighted by Crippen LogP contribution is 2.31. The van der Waals surface area contributed by atoms with Crippen molar-refractivity contribution in [2.24, 2.45) is 0 Å². The molecule has 0 saturated carbocycles. The van der Waals surface area contributed by atoms with Gasteiger partial charge in [0.05, 0.1) is 6.04 Å². The van der Waals surface area contributed by atoms with Crippen LogP contribution in [-0.4, -0.2) is 10.7 Å². The first-order valence-electron chi connectivity index (χ1n) is 6.99. The molecule has 0 amide bonds. The van der Waals surface area contributed by atoms with Gasteiger partial charge in [0.2, 0.25) is 0 Å². The Morgan fingerprint density at radius 3 is 2.52 bits per heavy atom. The lowest BCUT2D eigenvalue weighted by Gasteiger charge is -2.33. The Kier molecular flexibility index (Phi) is 3.82. The van der Waals surface area contributed by atoms with Crippen LogP contribution in [0.3, 0.4) is 0 Å². The van der Waals surface area contributed by atoms with E-state index < -0.39 is 0 Å². The fraction of sp³-hybridized carbons (Fsp3) is 0.167. The second-order valence-electron chi connectivity index (χ2n) is 5.18. The third-order valence-electron chi connectivity index (χ3n) is 3.72. The molecule has 2 aromatic carbocycles. The Morgan fingerprint density at radius 1 is 1.05 bits per heavy atom. The van der Waals surface area contributed by atoms with E-state index in [1.807, 2.05) is 41.3 Å². The zero-order chi connectivity index (χ0) is 14.7. The molecule has 1 unspecified atom stereocenters. The maximum Gasteiger partial charge on any atom is 0.159 e. The first-order chi connectivity index (χ1) is 10.2. The van der Waals surface area contributed by atoms with E-state index in [4.69, 9.17) is 0 Å². The Balaban J connectivity index is 1.91. The van der Waals surface area contributed by atoms with Gasteiger partial charge in [-0.25, -0.2) is 4.39 Å². The largest absolute Gasteiger partial charge is 0.365 e. The number of rotatable bonds is 3. The predicted octanol–water partition coefficient (Wildman–Crippen LogP) is 3.86. The van der Waals surface area contributed by atoms with Crippen molar-refractivity contribution in [3.05, 3.63) is 83.8 Å². The molecule has 0 aromatic heterocycles. The van der Waals surface area contributed by atoms with Crippen LogP contribution in [0.15, 0.2) is 66.9 Å². The van der Waals surface area contributed by atoms with Crippen LogP contribution in [0.2, 0.25) is 0 Å². The van der Waals surface area contributed by atoms with Gasteiger partial charge in [0.25, 0.3) is 0 Å². The van der Waals surface area contributed by atoms with E-state index in [9.17, 15) is 9.18 Å². The van der Waals surface area contributed by atoms with Crippen molar-refractivity contribution < 1.29 is 9.18 Å². The lowest BCUT2D eigenvalue weighted by Crippen LogP contribution is -2.29. The Morgan fingerprint density at radius 2 is 1.76 bits per heavy atom. The average molecular weight is 281 g/mol. The number of carbonyl (C=O) groups excluding carboxylic acids is 1. The molecule has 2 nitrogen and oxygen atoms in total. The van der Waals surface area contributed by atoms with Crippen LogP contribution in [0, 0.1) is 5.82 Å². The van der Waals surface area contributed by atoms with Crippen LogP contribution >= 0.6 is 0 Å². The van der Waals surface area contributed by atoms with Crippen molar-refractivity contribution in [3.8, 4) is 0 Å². The van der Waals surface area contributed by atoms with Gasteiger partial charge in [0.15, 0.2) is 5.78 Å². The molecule has 0 fully saturated rings. The molecule has 0 radical (unpaired) electrons. The van der Waals surface area contributed by atoms with Crippen molar-refractivity contribution in [1.82, 2.24) is 4.90 Å². The smallest absolute Gasteiger partial charge is 0.159 e. The molecule has 1 aliphatic heterocycles. The zero-order valence-corrected chi connectivity index (χ0v) is 11.6. The van der Waals surface area contributed by atoms with E-state index in [0.29, 0.717) is 18.5 Å². The predicted molar refractivity (Wildman–Crippen MR) is 79.9 cm³/mol. The maximum absolute atomic E-state index is 14.1. The summed E-state index contributed by atoms with van der Waals surface area (Å²) in [7, 11) is 0. The molecule has 0 N–H and O–H groups in total. The summed E-state index contributed by atoms with van der Waals surface area (Å²) in [6.07, 6.45) is 3.65. The second-order valence-corrected chi connectivity index (χ2v) is 5.18. The molecule has 106 valence electrons. The second kappa shape index (κ2) is 5.92. The topological polar surface area (TPSA) is 20.3 Å². The number of ketones is 1. The molecule has 0 bridgehead atoms. The quantitative estimate of drug-likeness (QED) is 0.851. The van der Waals surface area contributed by atoms with Crippen molar-refractivity contribution in [3.63, 3.8) is 0 Å². The van der Waals surface area contributed by atoms with Gasteiger partial charge in [-0.15, -0.1) is 0 Å². The van der Waals surface area contributed by atoms with E-state index in [0.717, 1.165) is 5.56 Å². The summed E-state index contributed by atoms with van der Waals surface area (Å²) >= 11 is 0. The maximum atomic E-state index is 14.1. The van der Waals surface area contributed by atoms with E-state index in [-0.39, 0.29) is 17.6 Å². The SMILES string of the molecule is O=C1C=CN(Cc2ccccc2)C(c2ccccc2F)C1. The number of hydrogen-bond donors (Lipinski definition) is 0. The van der Waals surface area contributed by atoms with Gasteiger partial charge in [-0.2, -0.15) is 0 Å². The van der Waals surface area contributed by atoms with Crippen molar-refractivity contribution >= 4 is 5.78 Å². The zero-order valence-electron chi connectivity index (χ0n) is 11.6. The highest BCUT2D eigenvalue weighted by atomic mass is 19.1. The molecule has 3 rings (SSSR count). The fourth-order valence-electron chi connectivity index (χ4n) is 2.65. The summed E-state index contributed by atoms with van der Waals surface area (Å²) in [5.41, 5.74) is 1.71. The minimum absolute atomic E-state index is 0.0348. The van der Waals surface area contributed by atoms with E-state index >= 15 is 0 Å². The molecular weight excluding hydrogens is 265 g/mol. The van der Waals surface area contributed by atoms with E-state index in [1.54, 1.807) is 24.4 Å². The first-order valence-corrected chi connectivity index (χ1v) is 6.99. The Bertz CT molecular complexity index is 666. The van der Waals surface area contributed by atoms with Crippen LogP contribution < -0.4 is 0 Å². The van der Waals surface area contributed by atoms with Crippen LogP contribution in [0.1, 0.15) is 23.6 Å². The van der Waals surface area contributed by atoms with Crippen molar-refractivity contribution in [2.45, 2.75) is 19.0 Å². The number of hydrogen-bond acceptors (Lipinski definition) is 2. The van der Waals surface area contributed by atoms with Crippen LogP contribution in [-0.2, 0) is 11.3 Å². The van der Waals surface area contributed by atoms with Crippen LogP contribution in [0.25, 0.3) is 0 Å². The molecule has 3 heteroatoms. The molecule has 21 heavy (non-hydrogen) atoms. The van der Waals surface area contributed by atoms with Gasteiger partial charge >= 0.3 is 0 Å². The van der Waals surface area contributed by atoms with Gasteiger partial charge < -0.3 is 4.90 Å². The Labute approximate surface area is 123 Å². The van der Waals surface area contributed by atoms with Gasteiger partial charge in [-0.3, -0.25) is 4.79 Å². The highest BCUT2D eigenvalue weighted by Gasteiger charge is 2.26. The summed E-state index contributed by atoms with van der Waals surface area (Å²) in [6.45, 7) is 0.656. The molecule has 0 saturated heterocycles. The number of carbonyl (C=O) groups is 1. The molecule has 1 heterocycles. The molecule has 0 aliphatic carbocycles. The number of benzene rings is 2. The lowest BCUT2D eigenvalue weighted by atomic mass is 9.96. The lowest BCUT2D eigenvalue weighted by molar-refractivity contribution is -0.116. The third kappa shape index (κ3) is 3.02. The van der Waals surface area contributed by atoms with Gasteiger partial charge in [0.1, 0.15) is 5.82 Å². The minimum Gasteiger partial charge on any atom is -0.365 e. The number of allylic oxidation sites excluding steroid dienone is 1. The third-order valence-corrected chi connectivity index (χ3v) is 3.72. The number of halogens is 1. The van der Waals surface area contributed by atoms with E-state index in [1.165, 1.54) is 6.07 Å². The van der Waals surface area contributed by atoms with Gasteiger partial charge in [0, 0.05) is 24.7 Å². The van der Waals surface area contributed by atoms with Crippen LogP contribution in [0.5, 0.6) is 0 Å². The van der Waals surface area contributed by atoms with Crippen LogP contribution in [0.4, 0.5) is 4.39 Å². The molecule has 0 spiro atoms. The van der Waals surface area contributed by atoms with Crippen molar-refractivity contribution in [2.75, 3.05) is 0 Å². The first kappa shape index (κ1) is 13.6. The van der Waals surface area contributed by atoms with Crippen molar-refractivity contribution in [1.29, 1.82) is 0 Å². The summed E-state index contributed by atoms with van der Waals surface area (Å²) in [5.74, 6) is -0.226. The average Bonchev–Trinajstić information content (AvgIpc) is 2.51. The standard InChI is InChI=1S/C18H16FNO/c19-17-9-5-4-8-16(17)18-12-15(21)10-11-20(18)13-14-6-2-1-3-7-14/h1-11,18H,12-13H2. The summed E-state index contributed by atoms with van der Waals surface area (Å²) < 4.78 is 14.1. The molecule has 2 aromatic rings.